The lowest BCUT2D eigenvalue weighted by Gasteiger charge is -2.17. The van der Waals surface area contributed by atoms with Crippen LogP contribution < -0.4 is 10.6 Å². The Hall–Kier alpha value is -3.02. The number of amides is 1. The Morgan fingerprint density at radius 3 is 2.33 bits per heavy atom. The van der Waals surface area contributed by atoms with Gasteiger partial charge in [0.05, 0.1) is 11.4 Å². The quantitative estimate of drug-likeness (QED) is 0.392. The van der Waals surface area contributed by atoms with Gasteiger partial charge in [-0.25, -0.2) is 8.78 Å². The van der Waals surface area contributed by atoms with Crippen LogP contribution in [0.15, 0.2) is 47.6 Å². The molecule has 0 radical (unpaired) electrons. The number of carbonyl (C=O) groups is 1. The van der Waals surface area contributed by atoms with Crippen molar-refractivity contribution in [2.45, 2.75) is 66.3 Å². The molecule has 1 atom stereocenters. The SMILES string of the molecule is C=C(Nc1ccc(C(=O)NC(CC)CC)c(C)c1)C(C)=NCC(C)c1ccc(C)c(F)c1F. The van der Waals surface area contributed by atoms with Crippen molar-refractivity contribution in [3.05, 3.63) is 76.5 Å². The summed E-state index contributed by atoms with van der Waals surface area (Å²) in [6.07, 6.45) is 1.78. The van der Waals surface area contributed by atoms with Gasteiger partial charge in [0, 0.05) is 29.8 Å². The molecular formula is C27H35F2N3O. The van der Waals surface area contributed by atoms with Crippen LogP contribution in [0.3, 0.4) is 0 Å². The molecule has 1 unspecified atom stereocenters. The standard InChI is InChI=1S/C27H35F2N3O/c1-8-21(9-2)32-27(33)24-13-11-22(14-17(24)4)31-20(7)19(6)30-15-18(5)23-12-10-16(3)25(28)26(23)29/h10-14,18,21,31H,7-9,15H2,1-6H3,(H,32,33). The maximum atomic E-state index is 14.2. The third kappa shape index (κ3) is 6.73. The van der Waals surface area contributed by atoms with Gasteiger partial charge in [-0.15, -0.1) is 0 Å². The van der Waals surface area contributed by atoms with Crippen LogP contribution in [0.1, 0.15) is 73.5 Å². The molecule has 2 aromatic rings. The van der Waals surface area contributed by atoms with E-state index in [4.69, 9.17) is 0 Å². The number of benzene rings is 2. The summed E-state index contributed by atoms with van der Waals surface area (Å²) < 4.78 is 28.1. The molecule has 2 N–H and O–H groups in total. The maximum Gasteiger partial charge on any atom is 0.251 e. The minimum atomic E-state index is -0.809. The third-order valence-electron chi connectivity index (χ3n) is 5.96. The Kier molecular flexibility index (Phi) is 9.32. The maximum absolute atomic E-state index is 14.2. The number of nitrogens with one attached hydrogen (secondary N) is 2. The number of aliphatic imine (C=N–C) groups is 1. The molecule has 0 spiro atoms. The van der Waals surface area contributed by atoms with Crippen LogP contribution in [0, 0.1) is 25.5 Å². The highest BCUT2D eigenvalue weighted by atomic mass is 19.2. The molecule has 2 aromatic carbocycles. The van der Waals surface area contributed by atoms with Crippen molar-refractivity contribution in [3.63, 3.8) is 0 Å². The smallest absolute Gasteiger partial charge is 0.251 e. The highest BCUT2D eigenvalue weighted by Crippen LogP contribution is 2.24. The van der Waals surface area contributed by atoms with E-state index in [2.05, 4.69) is 36.1 Å². The van der Waals surface area contributed by atoms with E-state index in [0.717, 1.165) is 24.1 Å². The van der Waals surface area contributed by atoms with Crippen molar-refractivity contribution < 1.29 is 13.6 Å². The second kappa shape index (κ2) is 11.7. The predicted molar refractivity (Wildman–Crippen MR) is 133 cm³/mol. The highest BCUT2D eigenvalue weighted by Gasteiger charge is 2.16. The number of nitrogens with zero attached hydrogens (tertiary/aromatic N) is 1. The Morgan fingerprint density at radius 2 is 1.73 bits per heavy atom. The monoisotopic (exact) mass is 455 g/mol. The van der Waals surface area contributed by atoms with Crippen LogP contribution >= 0.6 is 0 Å². The zero-order valence-electron chi connectivity index (χ0n) is 20.5. The van der Waals surface area contributed by atoms with E-state index in [1.165, 1.54) is 0 Å². The van der Waals surface area contributed by atoms with Crippen molar-refractivity contribution in [2.24, 2.45) is 4.99 Å². The molecule has 0 fully saturated rings. The van der Waals surface area contributed by atoms with Gasteiger partial charge >= 0.3 is 0 Å². The lowest BCUT2D eigenvalue weighted by molar-refractivity contribution is 0.0934. The topological polar surface area (TPSA) is 53.5 Å². The molecule has 0 heterocycles. The van der Waals surface area contributed by atoms with Gasteiger partial charge < -0.3 is 10.6 Å². The molecule has 0 aliphatic carbocycles. The summed E-state index contributed by atoms with van der Waals surface area (Å²) in [4.78, 5) is 17.1. The lowest BCUT2D eigenvalue weighted by atomic mass is 9.99. The number of hydrogen-bond donors (Lipinski definition) is 2. The van der Waals surface area contributed by atoms with E-state index < -0.39 is 11.6 Å². The summed E-state index contributed by atoms with van der Waals surface area (Å²) in [5, 5.41) is 6.27. The Bertz CT molecular complexity index is 1040. The largest absolute Gasteiger partial charge is 0.355 e. The van der Waals surface area contributed by atoms with Gasteiger partial charge in [0.25, 0.3) is 5.91 Å². The summed E-state index contributed by atoms with van der Waals surface area (Å²) in [6, 6.07) is 8.89. The molecule has 0 saturated heterocycles. The number of aryl methyl sites for hydroxylation is 2. The molecule has 178 valence electrons. The average Bonchev–Trinajstić information content (AvgIpc) is 2.79. The summed E-state index contributed by atoms with van der Waals surface area (Å²) >= 11 is 0. The fraction of sp³-hybridized carbons (Fsp3) is 0.407. The van der Waals surface area contributed by atoms with E-state index in [1.807, 2.05) is 32.9 Å². The number of anilines is 1. The van der Waals surface area contributed by atoms with E-state index in [1.54, 1.807) is 25.1 Å². The van der Waals surface area contributed by atoms with Crippen LogP contribution in [-0.2, 0) is 0 Å². The van der Waals surface area contributed by atoms with Crippen molar-refractivity contribution in [1.82, 2.24) is 5.32 Å². The van der Waals surface area contributed by atoms with E-state index in [0.29, 0.717) is 29.1 Å². The fourth-order valence-corrected chi connectivity index (χ4v) is 3.53. The van der Waals surface area contributed by atoms with Gasteiger partial charge in [-0.1, -0.05) is 39.5 Å². The summed E-state index contributed by atoms with van der Waals surface area (Å²) in [6.45, 7) is 15.5. The molecular weight excluding hydrogens is 420 g/mol. The zero-order valence-corrected chi connectivity index (χ0v) is 20.5. The number of carbonyl (C=O) groups excluding carboxylic acids is 1. The third-order valence-corrected chi connectivity index (χ3v) is 5.96. The molecule has 2 rings (SSSR count). The second-order valence-corrected chi connectivity index (χ2v) is 8.55. The van der Waals surface area contributed by atoms with Gasteiger partial charge in [-0.2, -0.15) is 0 Å². The normalized spacial score (nSPS) is 12.6. The highest BCUT2D eigenvalue weighted by molar-refractivity contribution is 6.00. The van der Waals surface area contributed by atoms with Gasteiger partial charge in [0.15, 0.2) is 11.6 Å². The molecule has 4 nitrogen and oxygen atoms in total. The van der Waals surface area contributed by atoms with Crippen LogP contribution in [0.4, 0.5) is 14.5 Å². The minimum Gasteiger partial charge on any atom is -0.355 e. The van der Waals surface area contributed by atoms with E-state index >= 15 is 0 Å². The molecule has 6 heteroatoms. The van der Waals surface area contributed by atoms with Crippen LogP contribution in [0.5, 0.6) is 0 Å². The average molecular weight is 456 g/mol. The Morgan fingerprint density at radius 1 is 1.06 bits per heavy atom. The first-order chi connectivity index (χ1) is 15.6. The molecule has 0 aliphatic rings. The number of allylic oxidation sites excluding steroid dienone is 1. The summed E-state index contributed by atoms with van der Waals surface area (Å²) in [5.74, 6) is -1.97. The van der Waals surface area contributed by atoms with E-state index in [9.17, 15) is 13.6 Å². The molecule has 1 amide bonds. The van der Waals surface area contributed by atoms with Crippen LogP contribution in [-0.4, -0.2) is 24.2 Å². The van der Waals surface area contributed by atoms with Gasteiger partial charge in [0.1, 0.15) is 0 Å². The molecule has 33 heavy (non-hydrogen) atoms. The van der Waals surface area contributed by atoms with Crippen molar-refractivity contribution >= 4 is 17.3 Å². The van der Waals surface area contributed by atoms with Crippen LogP contribution in [0.2, 0.25) is 0 Å². The predicted octanol–water partition coefficient (Wildman–Crippen LogP) is 6.69. The van der Waals surface area contributed by atoms with Crippen LogP contribution in [0.25, 0.3) is 0 Å². The Balaban J connectivity index is 2.04. The first kappa shape index (κ1) is 26.2. The minimum absolute atomic E-state index is 0.0712. The molecule has 0 aliphatic heterocycles. The Labute approximate surface area is 196 Å². The zero-order chi connectivity index (χ0) is 24.7. The molecule has 0 bridgehead atoms. The second-order valence-electron chi connectivity index (χ2n) is 8.55. The van der Waals surface area contributed by atoms with E-state index in [-0.39, 0.29) is 23.4 Å². The summed E-state index contributed by atoms with van der Waals surface area (Å²) in [7, 11) is 0. The first-order valence-corrected chi connectivity index (χ1v) is 11.4. The van der Waals surface area contributed by atoms with Gasteiger partial charge in [0.2, 0.25) is 0 Å². The first-order valence-electron chi connectivity index (χ1n) is 11.4. The van der Waals surface area contributed by atoms with Crippen molar-refractivity contribution in [3.8, 4) is 0 Å². The number of rotatable bonds is 10. The number of hydrogen-bond acceptors (Lipinski definition) is 3. The van der Waals surface area contributed by atoms with Crippen molar-refractivity contribution in [1.29, 1.82) is 0 Å². The lowest BCUT2D eigenvalue weighted by Crippen LogP contribution is -2.34. The summed E-state index contributed by atoms with van der Waals surface area (Å²) in [5.41, 5.74) is 4.17. The molecule has 0 saturated carbocycles. The fourth-order valence-electron chi connectivity index (χ4n) is 3.53. The number of halogens is 2. The molecule has 0 aromatic heterocycles. The van der Waals surface area contributed by atoms with Gasteiger partial charge in [-0.05, 0) is 68.5 Å². The van der Waals surface area contributed by atoms with Crippen molar-refractivity contribution in [2.75, 3.05) is 11.9 Å². The van der Waals surface area contributed by atoms with Gasteiger partial charge in [-0.3, -0.25) is 9.79 Å².